The lowest BCUT2D eigenvalue weighted by atomic mass is 10.2. The van der Waals surface area contributed by atoms with Crippen molar-refractivity contribution >= 4 is 11.9 Å². The number of nitrogens with zero attached hydrogens (tertiary/aromatic N) is 4. The highest BCUT2D eigenvalue weighted by Crippen LogP contribution is 2.18. The van der Waals surface area contributed by atoms with Crippen molar-refractivity contribution in [2.24, 2.45) is 4.99 Å². The minimum atomic E-state index is -0.000808. The van der Waals surface area contributed by atoms with Crippen LogP contribution in [-0.4, -0.2) is 91.6 Å². The highest BCUT2D eigenvalue weighted by atomic mass is 16.5. The average molecular weight is 416 g/mol. The molecule has 2 aliphatic heterocycles. The summed E-state index contributed by atoms with van der Waals surface area (Å²) in [6.07, 6.45) is 2.29. The Morgan fingerprint density at radius 1 is 1.10 bits per heavy atom. The summed E-state index contributed by atoms with van der Waals surface area (Å²) in [5.74, 6) is 2.13. The van der Waals surface area contributed by atoms with Gasteiger partial charge in [0.15, 0.2) is 5.96 Å². The van der Waals surface area contributed by atoms with Crippen molar-refractivity contribution in [3.8, 4) is 5.75 Å². The molecule has 1 atom stereocenters. The van der Waals surface area contributed by atoms with Gasteiger partial charge in [0.25, 0.3) is 0 Å². The summed E-state index contributed by atoms with van der Waals surface area (Å²) in [6.45, 7) is 13.6. The van der Waals surface area contributed by atoms with Crippen LogP contribution < -0.4 is 10.1 Å². The third-order valence-electron chi connectivity index (χ3n) is 5.74. The van der Waals surface area contributed by atoms with Gasteiger partial charge in [-0.25, -0.2) is 4.99 Å². The van der Waals surface area contributed by atoms with Gasteiger partial charge in [-0.05, 0) is 45.2 Å². The number of carbonyl (C=O) groups is 1. The molecule has 1 amide bonds. The Bertz CT molecular complexity index is 709. The second-order valence-electron chi connectivity index (χ2n) is 8.24. The predicted molar refractivity (Wildman–Crippen MR) is 121 cm³/mol. The van der Waals surface area contributed by atoms with E-state index in [1.807, 2.05) is 23.1 Å². The van der Waals surface area contributed by atoms with Crippen molar-refractivity contribution in [2.75, 3.05) is 58.9 Å². The zero-order chi connectivity index (χ0) is 21.3. The molecule has 0 bridgehead atoms. The molecule has 0 aromatic heterocycles. The highest BCUT2D eigenvalue weighted by molar-refractivity contribution is 5.80. The topological polar surface area (TPSA) is 60.4 Å². The van der Waals surface area contributed by atoms with E-state index in [4.69, 9.17) is 9.73 Å². The van der Waals surface area contributed by atoms with Crippen LogP contribution in [0, 0.1) is 6.92 Å². The van der Waals surface area contributed by atoms with Gasteiger partial charge in [0.05, 0.1) is 13.1 Å². The fourth-order valence-corrected chi connectivity index (χ4v) is 3.96. The van der Waals surface area contributed by atoms with Crippen LogP contribution in [0.2, 0.25) is 0 Å². The third-order valence-corrected chi connectivity index (χ3v) is 5.74. The molecule has 2 saturated heterocycles. The van der Waals surface area contributed by atoms with Crippen LogP contribution in [0.15, 0.2) is 29.3 Å². The normalized spacial score (nSPS) is 19.1. The van der Waals surface area contributed by atoms with Crippen LogP contribution >= 0.6 is 0 Å². The Labute approximate surface area is 181 Å². The van der Waals surface area contributed by atoms with Gasteiger partial charge in [0.2, 0.25) is 5.91 Å². The maximum absolute atomic E-state index is 12.4. The van der Waals surface area contributed by atoms with Crippen molar-refractivity contribution in [3.63, 3.8) is 0 Å². The largest absolute Gasteiger partial charge is 0.489 e. The van der Waals surface area contributed by atoms with Crippen molar-refractivity contribution in [3.05, 3.63) is 29.8 Å². The molecule has 1 N–H and O–H groups in total. The summed E-state index contributed by atoms with van der Waals surface area (Å²) in [5, 5.41) is 3.41. The number of benzene rings is 1. The van der Waals surface area contributed by atoms with Gasteiger partial charge in [-0.15, -0.1) is 0 Å². The van der Waals surface area contributed by atoms with E-state index < -0.39 is 0 Å². The van der Waals surface area contributed by atoms with E-state index >= 15 is 0 Å². The zero-order valence-electron chi connectivity index (χ0n) is 18.8. The van der Waals surface area contributed by atoms with Gasteiger partial charge < -0.3 is 19.9 Å². The number of para-hydroxylation sites is 1. The first-order valence-electron chi connectivity index (χ1n) is 11.3. The fraction of sp³-hybridized carbons (Fsp3) is 0.652. The van der Waals surface area contributed by atoms with Crippen LogP contribution in [0.25, 0.3) is 0 Å². The van der Waals surface area contributed by atoms with Crippen molar-refractivity contribution in [1.82, 2.24) is 20.0 Å². The number of likely N-dealkylation sites (tertiary alicyclic amines) is 1. The fourth-order valence-electron chi connectivity index (χ4n) is 3.96. The summed E-state index contributed by atoms with van der Waals surface area (Å²) in [6, 6.07) is 8.08. The van der Waals surface area contributed by atoms with Gasteiger partial charge in [-0.3, -0.25) is 9.69 Å². The number of guanidine groups is 1. The lowest BCUT2D eigenvalue weighted by Gasteiger charge is -2.36. The Morgan fingerprint density at radius 3 is 2.47 bits per heavy atom. The van der Waals surface area contributed by atoms with Crippen molar-refractivity contribution in [2.45, 2.75) is 39.7 Å². The number of aliphatic imine (C=N–C) groups is 1. The quantitative estimate of drug-likeness (QED) is 0.545. The number of amides is 1. The molecule has 1 aromatic rings. The first-order valence-corrected chi connectivity index (χ1v) is 11.3. The van der Waals surface area contributed by atoms with E-state index in [9.17, 15) is 4.79 Å². The van der Waals surface area contributed by atoms with E-state index in [0.29, 0.717) is 13.1 Å². The van der Waals surface area contributed by atoms with Gasteiger partial charge in [-0.2, -0.15) is 0 Å². The summed E-state index contributed by atoms with van der Waals surface area (Å²) in [7, 11) is 0. The maximum Gasteiger partial charge on any atom is 0.236 e. The van der Waals surface area contributed by atoms with Crippen LogP contribution in [-0.2, 0) is 4.79 Å². The monoisotopic (exact) mass is 415 g/mol. The molecule has 2 aliphatic rings. The number of nitrogens with one attached hydrogen (secondary N) is 1. The summed E-state index contributed by atoms with van der Waals surface area (Å²) < 4.78 is 6.07. The summed E-state index contributed by atoms with van der Waals surface area (Å²) in [5.41, 5.74) is 1.14. The molecule has 7 nitrogen and oxygen atoms in total. The molecule has 0 radical (unpaired) electrons. The number of hydrogen-bond donors (Lipinski definition) is 1. The number of hydrogen-bond acceptors (Lipinski definition) is 4. The number of ether oxygens (including phenoxy) is 1. The first kappa shape index (κ1) is 22.4. The molecule has 1 unspecified atom stereocenters. The lowest BCUT2D eigenvalue weighted by molar-refractivity contribution is -0.131. The molecule has 0 spiro atoms. The molecule has 0 saturated carbocycles. The number of rotatable bonds is 7. The van der Waals surface area contributed by atoms with E-state index in [2.05, 4.69) is 42.0 Å². The highest BCUT2D eigenvalue weighted by Gasteiger charge is 2.24. The lowest BCUT2D eigenvalue weighted by Crippen LogP contribution is -2.54. The smallest absolute Gasteiger partial charge is 0.236 e. The Kier molecular flexibility index (Phi) is 8.37. The van der Waals surface area contributed by atoms with Crippen LogP contribution in [0.1, 0.15) is 32.3 Å². The summed E-state index contributed by atoms with van der Waals surface area (Å²) in [4.78, 5) is 23.8. The zero-order valence-corrected chi connectivity index (χ0v) is 18.8. The van der Waals surface area contributed by atoms with Crippen LogP contribution in [0.5, 0.6) is 5.75 Å². The predicted octanol–water partition coefficient (Wildman–Crippen LogP) is 1.97. The van der Waals surface area contributed by atoms with Gasteiger partial charge in [0.1, 0.15) is 11.9 Å². The van der Waals surface area contributed by atoms with Crippen molar-refractivity contribution < 1.29 is 9.53 Å². The Balaban J connectivity index is 1.48. The molecule has 166 valence electrons. The average Bonchev–Trinajstić information content (AvgIpc) is 3.29. The Morgan fingerprint density at radius 2 is 1.80 bits per heavy atom. The molecular weight excluding hydrogens is 378 g/mol. The molecule has 1 aromatic carbocycles. The molecule has 0 aliphatic carbocycles. The van der Waals surface area contributed by atoms with E-state index in [1.165, 1.54) is 0 Å². The SMILES string of the molecule is CCNC(=NCC(C)Oc1ccccc1C)N1CCN(CC(=O)N2CCCC2)CC1. The van der Waals surface area contributed by atoms with Crippen molar-refractivity contribution in [1.29, 1.82) is 0 Å². The van der Waals surface area contributed by atoms with Crippen LogP contribution in [0.4, 0.5) is 0 Å². The molecule has 2 heterocycles. The minimum absolute atomic E-state index is 0.000808. The van der Waals surface area contributed by atoms with Crippen LogP contribution in [0.3, 0.4) is 0 Å². The number of piperazine rings is 1. The van der Waals surface area contributed by atoms with E-state index in [0.717, 1.165) is 75.9 Å². The molecule has 2 fully saturated rings. The maximum atomic E-state index is 12.4. The number of carbonyl (C=O) groups excluding carboxylic acids is 1. The molecule has 30 heavy (non-hydrogen) atoms. The van der Waals surface area contributed by atoms with Gasteiger partial charge >= 0.3 is 0 Å². The van der Waals surface area contributed by atoms with Gasteiger partial charge in [0, 0.05) is 45.8 Å². The van der Waals surface area contributed by atoms with E-state index in [1.54, 1.807) is 0 Å². The number of aryl methyl sites for hydroxylation is 1. The summed E-state index contributed by atoms with van der Waals surface area (Å²) >= 11 is 0. The van der Waals surface area contributed by atoms with Gasteiger partial charge in [-0.1, -0.05) is 18.2 Å². The second-order valence-corrected chi connectivity index (χ2v) is 8.24. The third kappa shape index (κ3) is 6.36. The molecular formula is C23H37N5O2. The Hall–Kier alpha value is -2.28. The second kappa shape index (κ2) is 11.2. The van der Waals surface area contributed by atoms with E-state index in [-0.39, 0.29) is 12.0 Å². The first-order chi connectivity index (χ1) is 14.6. The standard InChI is InChI=1S/C23H37N5O2/c1-4-24-23(25-17-20(3)30-21-10-6-5-9-19(21)2)28-15-13-26(14-16-28)18-22(29)27-11-7-8-12-27/h5-6,9-10,20H,4,7-8,11-18H2,1-3H3,(H,24,25). The molecule has 3 rings (SSSR count). The minimum Gasteiger partial charge on any atom is -0.489 e. The molecule has 7 heteroatoms.